The smallest absolute Gasteiger partial charge is 0.115 e. The SMILES string of the molecule is C#Cc1ccc([Si](C)c2ccc(C#C)cc2)cc1. The molecular formula is C17H13Si. The van der Waals surface area contributed by atoms with Crippen molar-refractivity contribution in [2.24, 2.45) is 0 Å². The maximum absolute atomic E-state index is 5.36. The van der Waals surface area contributed by atoms with Crippen molar-refractivity contribution in [3.8, 4) is 24.7 Å². The molecule has 0 aliphatic rings. The Bertz CT molecular complexity index is 549. The van der Waals surface area contributed by atoms with Gasteiger partial charge >= 0.3 is 0 Å². The van der Waals surface area contributed by atoms with Gasteiger partial charge in [0.2, 0.25) is 0 Å². The van der Waals surface area contributed by atoms with E-state index in [-0.39, 0.29) is 0 Å². The molecular weight excluding hydrogens is 232 g/mol. The second-order valence-electron chi connectivity index (χ2n) is 4.07. The summed E-state index contributed by atoms with van der Waals surface area (Å²) in [6.45, 7) is 2.28. The zero-order valence-corrected chi connectivity index (χ0v) is 11.3. The third-order valence-electron chi connectivity index (χ3n) is 2.97. The Kier molecular flexibility index (Phi) is 3.68. The molecule has 0 saturated heterocycles. The summed E-state index contributed by atoms with van der Waals surface area (Å²) in [6.07, 6.45) is 10.7. The molecule has 0 aliphatic carbocycles. The monoisotopic (exact) mass is 245 g/mol. The van der Waals surface area contributed by atoms with E-state index >= 15 is 0 Å². The quantitative estimate of drug-likeness (QED) is 0.560. The molecule has 18 heavy (non-hydrogen) atoms. The molecule has 2 aromatic carbocycles. The molecule has 2 aromatic rings. The van der Waals surface area contributed by atoms with Gasteiger partial charge in [-0.15, -0.1) is 12.8 Å². The Morgan fingerprint density at radius 3 is 1.33 bits per heavy atom. The standard InChI is InChI=1S/C17H13Si/c1-4-14-6-10-16(11-7-14)18(3)17-12-8-15(5-2)9-13-17/h1-2,6-13H,3H3. The van der Waals surface area contributed by atoms with E-state index in [0.717, 1.165) is 11.1 Å². The minimum absolute atomic E-state index is 0.731. The van der Waals surface area contributed by atoms with Crippen LogP contribution in [0.1, 0.15) is 11.1 Å². The normalized spacial score (nSPS) is 9.78. The van der Waals surface area contributed by atoms with Crippen molar-refractivity contribution in [3.05, 3.63) is 59.7 Å². The van der Waals surface area contributed by atoms with Gasteiger partial charge in [-0.25, -0.2) is 0 Å². The van der Waals surface area contributed by atoms with Crippen LogP contribution in [0.15, 0.2) is 48.5 Å². The van der Waals surface area contributed by atoms with Gasteiger partial charge in [0.25, 0.3) is 0 Å². The molecule has 1 radical (unpaired) electrons. The van der Waals surface area contributed by atoms with Crippen molar-refractivity contribution >= 4 is 19.2 Å². The molecule has 2 rings (SSSR count). The largest absolute Gasteiger partial charge is 0.118 e. The van der Waals surface area contributed by atoms with Crippen LogP contribution in [0.5, 0.6) is 0 Å². The average molecular weight is 245 g/mol. The maximum Gasteiger partial charge on any atom is 0.118 e. The highest BCUT2D eigenvalue weighted by Gasteiger charge is 2.10. The molecule has 0 saturated carbocycles. The van der Waals surface area contributed by atoms with Gasteiger partial charge in [0.15, 0.2) is 0 Å². The van der Waals surface area contributed by atoms with Crippen LogP contribution in [0.4, 0.5) is 0 Å². The van der Waals surface area contributed by atoms with Gasteiger partial charge < -0.3 is 0 Å². The van der Waals surface area contributed by atoms with Crippen molar-refractivity contribution in [1.29, 1.82) is 0 Å². The molecule has 1 heteroatoms. The molecule has 0 unspecified atom stereocenters. The van der Waals surface area contributed by atoms with Crippen molar-refractivity contribution in [2.45, 2.75) is 6.55 Å². The summed E-state index contributed by atoms with van der Waals surface area (Å²) >= 11 is 0. The second kappa shape index (κ2) is 5.41. The number of benzene rings is 2. The minimum Gasteiger partial charge on any atom is -0.115 e. The first-order chi connectivity index (χ1) is 8.74. The zero-order chi connectivity index (χ0) is 13.0. The summed E-state index contributed by atoms with van der Waals surface area (Å²) in [5.74, 6) is 5.27. The van der Waals surface area contributed by atoms with Gasteiger partial charge in [-0.2, -0.15) is 0 Å². The van der Waals surface area contributed by atoms with E-state index < -0.39 is 8.80 Å². The summed E-state index contributed by atoms with van der Waals surface area (Å²) in [5, 5.41) is 2.71. The zero-order valence-electron chi connectivity index (χ0n) is 10.3. The molecule has 0 N–H and O–H groups in total. The predicted molar refractivity (Wildman–Crippen MR) is 79.6 cm³/mol. The van der Waals surface area contributed by atoms with Crippen LogP contribution in [0.25, 0.3) is 0 Å². The van der Waals surface area contributed by atoms with E-state index in [0.29, 0.717) is 0 Å². The molecule has 0 atom stereocenters. The molecule has 0 fully saturated rings. The fourth-order valence-electron chi connectivity index (χ4n) is 1.80. The predicted octanol–water partition coefficient (Wildman–Crippen LogP) is 1.89. The summed E-state index contributed by atoms with van der Waals surface area (Å²) in [5.41, 5.74) is 1.85. The molecule has 85 valence electrons. The van der Waals surface area contributed by atoms with E-state index in [1.54, 1.807) is 0 Å². The van der Waals surface area contributed by atoms with Gasteiger partial charge in [0.05, 0.1) is 0 Å². The highest BCUT2D eigenvalue weighted by Crippen LogP contribution is 1.99. The number of terminal acetylenes is 2. The Labute approximate surface area is 110 Å². The Morgan fingerprint density at radius 1 is 0.722 bits per heavy atom. The molecule has 0 heterocycles. The number of hydrogen-bond acceptors (Lipinski definition) is 0. The van der Waals surface area contributed by atoms with Crippen LogP contribution in [0.3, 0.4) is 0 Å². The Hall–Kier alpha value is -2.22. The van der Waals surface area contributed by atoms with Gasteiger partial charge in [-0.3, -0.25) is 0 Å². The molecule has 0 spiro atoms. The highest BCUT2D eigenvalue weighted by molar-refractivity contribution is 6.84. The first-order valence-corrected chi connectivity index (χ1v) is 7.72. The van der Waals surface area contributed by atoms with Gasteiger partial charge in [-0.1, -0.05) is 53.0 Å². The van der Waals surface area contributed by atoms with Gasteiger partial charge in [0.1, 0.15) is 8.80 Å². The Balaban J connectivity index is 2.27. The summed E-state index contributed by atoms with van der Waals surface area (Å²) in [7, 11) is -0.731. The van der Waals surface area contributed by atoms with Crippen LogP contribution >= 0.6 is 0 Å². The minimum atomic E-state index is -0.731. The van der Waals surface area contributed by atoms with Gasteiger partial charge in [-0.05, 0) is 24.3 Å². The maximum atomic E-state index is 5.36. The third-order valence-corrected chi connectivity index (χ3v) is 5.37. The number of rotatable bonds is 2. The average Bonchev–Trinajstić information content (AvgIpc) is 2.47. The van der Waals surface area contributed by atoms with E-state index in [4.69, 9.17) is 12.8 Å². The molecule has 0 aromatic heterocycles. The van der Waals surface area contributed by atoms with Crippen LogP contribution in [-0.4, -0.2) is 8.80 Å². The second-order valence-corrected chi connectivity index (χ2v) is 6.47. The first-order valence-electron chi connectivity index (χ1n) is 5.72. The molecule has 0 bridgehead atoms. The topological polar surface area (TPSA) is 0 Å². The fourth-order valence-corrected chi connectivity index (χ4v) is 3.47. The molecule has 0 nitrogen and oxygen atoms in total. The fraction of sp³-hybridized carbons (Fsp3) is 0.0588. The van der Waals surface area contributed by atoms with Crippen molar-refractivity contribution in [2.75, 3.05) is 0 Å². The van der Waals surface area contributed by atoms with E-state index in [2.05, 4.69) is 42.7 Å². The molecule has 0 aliphatic heterocycles. The Morgan fingerprint density at radius 2 is 1.06 bits per heavy atom. The lowest BCUT2D eigenvalue weighted by molar-refractivity contribution is 1.66. The van der Waals surface area contributed by atoms with Crippen molar-refractivity contribution in [1.82, 2.24) is 0 Å². The lowest BCUT2D eigenvalue weighted by atomic mass is 10.2. The van der Waals surface area contributed by atoms with E-state index in [9.17, 15) is 0 Å². The van der Waals surface area contributed by atoms with E-state index in [1.165, 1.54) is 10.4 Å². The lowest BCUT2D eigenvalue weighted by Crippen LogP contribution is -2.38. The van der Waals surface area contributed by atoms with Crippen LogP contribution in [-0.2, 0) is 0 Å². The number of hydrogen-bond donors (Lipinski definition) is 0. The summed E-state index contributed by atoms with van der Waals surface area (Å²) < 4.78 is 0. The van der Waals surface area contributed by atoms with E-state index in [1.807, 2.05) is 24.3 Å². The lowest BCUT2D eigenvalue weighted by Gasteiger charge is -2.10. The summed E-state index contributed by atoms with van der Waals surface area (Å²) in [4.78, 5) is 0. The van der Waals surface area contributed by atoms with Crippen LogP contribution < -0.4 is 10.4 Å². The van der Waals surface area contributed by atoms with Crippen LogP contribution in [0, 0.1) is 24.7 Å². The van der Waals surface area contributed by atoms with Crippen LogP contribution in [0.2, 0.25) is 6.55 Å². The third kappa shape index (κ3) is 2.54. The van der Waals surface area contributed by atoms with Crippen molar-refractivity contribution < 1.29 is 0 Å². The van der Waals surface area contributed by atoms with Crippen molar-refractivity contribution in [3.63, 3.8) is 0 Å². The molecule has 0 amide bonds. The summed E-state index contributed by atoms with van der Waals surface area (Å²) in [6, 6.07) is 16.5. The highest BCUT2D eigenvalue weighted by atomic mass is 28.3. The van der Waals surface area contributed by atoms with Gasteiger partial charge in [0, 0.05) is 11.1 Å². The first kappa shape index (κ1) is 12.2.